The second-order valence-electron chi connectivity index (χ2n) is 3.39. The van der Waals surface area contributed by atoms with Crippen molar-refractivity contribution in [2.45, 2.75) is 31.8 Å². The normalized spacial score (nSPS) is 29.8. The summed E-state index contributed by atoms with van der Waals surface area (Å²) in [4.78, 5) is 0. The minimum atomic E-state index is -2.25. The Labute approximate surface area is 99.3 Å². The third-order valence-corrected chi connectivity index (χ3v) is 4.29. The third-order valence-electron chi connectivity index (χ3n) is 2.49. The molecule has 1 aliphatic carbocycles. The third kappa shape index (κ3) is 4.43. The Kier molecular flexibility index (Phi) is 6.33. The van der Waals surface area contributed by atoms with E-state index in [-0.39, 0.29) is 6.10 Å². The zero-order valence-electron chi connectivity index (χ0n) is 8.08. The second kappa shape index (κ2) is 6.99. The molecule has 5 heteroatoms. The van der Waals surface area contributed by atoms with Gasteiger partial charge in [-0.1, -0.05) is 28.7 Å². The first-order valence-corrected chi connectivity index (χ1v) is 7.53. The summed E-state index contributed by atoms with van der Waals surface area (Å²) in [5.41, 5.74) is 0. The quantitative estimate of drug-likeness (QED) is 0.335. The van der Waals surface area contributed by atoms with Crippen LogP contribution >= 0.6 is 30.8 Å². The van der Waals surface area contributed by atoms with Gasteiger partial charge in [0.2, 0.25) is 0 Å². The summed E-state index contributed by atoms with van der Waals surface area (Å²) in [6.45, 7) is 3.78. The lowest BCUT2D eigenvalue weighted by Crippen LogP contribution is -2.18. The molecule has 0 bridgehead atoms. The molecule has 0 heterocycles. The summed E-state index contributed by atoms with van der Waals surface area (Å²) in [5.74, 6) is 0.614. The Hall–Kier alpha value is 0.620. The molecule has 0 spiro atoms. The number of allylic oxidation sites excluding steroid dienone is 1. The van der Waals surface area contributed by atoms with Crippen LogP contribution in [0.25, 0.3) is 0 Å². The molecule has 1 saturated carbocycles. The first kappa shape index (κ1) is 12.7. The summed E-state index contributed by atoms with van der Waals surface area (Å²) in [5, 5.41) is 0. The van der Waals surface area contributed by atoms with Crippen molar-refractivity contribution in [3.05, 3.63) is 12.7 Å². The molecule has 0 aromatic heterocycles. The summed E-state index contributed by atoms with van der Waals surface area (Å²) >= 11 is 2.02. The topological polar surface area (TPSA) is 35.5 Å². The van der Waals surface area contributed by atoms with Crippen molar-refractivity contribution in [2.24, 2.45) is 5.92 Å². The maximum absolute atomic E-state index is 11.2. The van der Waals surface area contributed by atoms with Crippen molar-refractivity contribution in [3.8, 4) is 0 Å². The van der Waals surface area contributed by atoms with Crippen LogP contribution in [0.5, 0.6) is 0 Å². The molecule has 0 aliphatic heterocycles. The van der Waals surface area contributed by atoms with E-state index < -0.39 is 8.25 Å². The number of hydrogen-bond acceptors (Lipinski definition) is 3. The zero-order chi connectivity index (χ0) is 10.4. The summed E-state index contributed by atoms with van der Waals surface area (Å²) in [7, 11) is -2.25. The van der Waals surface area contributed by atoms with Gasteiger partial charge in [-0.2, -0.15) is 0 Å². The first-order valence-electron chi connectivity index (χ1n) is 4.78. The first-order chi connectivity index (χ1) is 6.76. The van der Waals surface area contributed by atoms with Gasteiger partial charge in [-0.15, -0.1) is 6.58 Å². The van der Waals surface area contributed by atoms with Gasteiger partial charge in [0, 0.05) is 0 Å². The number of hydrogen-bond donors (Lipinski definition) is 0. The predicted molar refractivity (Wildman–Crippen MR) is 66.0 cm³/mol. The van der Waals surface area contributed by atoms with E-state index in [1.807, 2.05) is 28.7 Å². The average Bonchev–Trinajstić information content (AvgIpc) is 2.19. The lowest BCUT2D eigenvalue weighted by molar-refractivity contribution is 0.127. The summed E-state index contributed by atoms with van der Waals surface area (Å²) in [6.07, 6.45) is 6.25. The molecule has 1 rings (SSSR count). The lowest BCUT2D eigenvalue weighted by Gasteiger charge is -2.25. The van der Waals surface area contributed by atoms with E-state index in [0.717, 1.165) is 25.7 Å². The van der Waals surface area contributed by atoms with Crippen molar-refractivity contribution >= 4 is 30.8 Å². The minimum absolute atomic E-state index is 0.125. The second-order valence-corrected chi connectivity index (χ2v) is 5.04. The molecule has 1 fully saturated rings. The van der Waals surface area contributed by atoms with Crippen LogP contribution in [0.4, 0.5) is 0 Å². The molecule has 0 saturated heterocycles. The fraction of sp³-hybridized carbons (Fsp3) is 0.778. The molecule has 0 radical (unpaired) electrons. The summed E-state index contributed by atoms with van der Waals surface area (Å²) < 4.78 is 21.8. The zero-order valence-corrected chi connectivity index (χ0v) is 11.2. The van der Waals surface area contributed by atoms with Gasteiger partial charge in [0.05, 0.1) is 6.10 Å². The molecule has 0 amide bonds. The molecule has 1 atom stereocenters. The molecule has 0 aromatic carbocycles. The van der Waals surface area contributed by atoms with Crippen molar-refractivity contribution in [3.63, 3.8) is 0 Å². The van der Waals surface area contributed by atoms with Gasteiger partial charge in [-0.3, -0.25) is 9.09 Å². The SMILES string of the molecule is C=CC1CCC(O[PH](=O)OCI)CC1. The lowest BCUT2D eigenvalue weighted by atomic mass is 9.88. The highest BCUT2D eigenvalue weighted by atomic mass is 127. The molecule has 14 heavy (non-hydrogen) atoms. The Morgan fingerprint density at radius 3 is 2.57 bits per heavy atom. The fourth-order valence-corrected chi connectivity index (χ4v) is 3.08. The van der Waals surface area contributed by atoms with E-state index >= 15 is 0 Å². The largest absolute Gasteiger partial charge is 0.320 e. The Morgan fingerprint density at radius 1 is 1.43 bits per heavy atom. The highest BCUT2D eigenvalue weighted by Crippen LogP contribution is 2.34. The van der Waals surface area contributed by atoms with E-state index in [2.05, 4.69) is 6.58 Å². The summed E-state index contributed by atoms with van der Waals surface area (Å²) in [6, 6.07) is 0. The van der Waals surface area contributed by atoms with Crippen LogP contribution in [0.3, 0.4) is 0 Å². The fourth-order valence-electron chi connectivity index (χ4n) is 1.66. The van der Waals surface area contributed by atoms with Gasteiger partial charge in [-0.05, 0) is 31.6 Å². The average molecular weight is 330 g/mol. The van der Waals surface area contributed by atoms with Crippen LogP contribution in [0.15, 0.2) is 12.7 Å². The van der Waals surface area contributed by atoms with E-state index in [0.29, 0.717) is 10.5 Å². The molecular formula is C9H16IO3P. The van der Waals surface area contributed by atoms with E-state index in [9.17, 15) is 4.57 Å². The van der Waals surface area contributed by atoms with Crippen LogP contribution in [0.1, 0.15) is 25.7 Å². The molecule has 3 nitrogen and oxygen atoms in total. The van der Waals surface area contributed by atoms with E-state index in [1.54, 1.807) is 0 Å². The minimum Gasteiger partial charge on any atom is -0.307 e. The van der Waals surface area contributed by atoms with Crippen LogP contribution in [0.2, 0.25) is 0 Å². The van der Waals surface area contributed by atoms with Crippen molar-refractivity contribution in [1.29, 1.82) is 0 Å². The molecule has 82 valence electrons. The molecule has 0 aromatic rings. The smallest absolute Gasteiger partial charge is 0.307 e. The van der Waals surface area contributed by atoms with Gasteiger partial charge in [0.25, 0.3) is 0 Å². The molecule has 0 N–H and O–H groups in total. The van der Waals surface area contributed by atoms with E-state index in [1.165, 1.54) is 0 Å². The van der Waals surface area contributed by atoms with Gasteiger partial charge >= 0.3 is 8.25 Å². The van der Waals surface area contributed by atoms with Crippen LogP contribution in [0, 0.1) is 5.92 Å². The van der Waals surface area contributed by atoms with Crippen LogP contribution < -0.4 is 0 Å². The highest BCUT2D eigenvalue weighted by molar-refractivity contribution is 14.1. The number of rotatable bonds is 5. The Balaban J connectivity index is 2.21. The van der Waals surface area contributed by atoms with Crippen molar-refractivity contribution in [1.82, 2.24) is 0 Å². The van der Waals surface area contributed by atoms with Crippen molar-refractivity contribution in [2.75, 3.05) is 4.61 Å². The van der Waals surface area contributed by atoms with Gasteiger partial charge in [-0.25, -0.2) is 0 Å². The van der Waals surface area contributed by atoms with Gasteiger partial charge in [0.15, 0.2) is 0 Å². The van der Waals surface area contributed by atoms with Gasteiger partial charge in [0.1, 0.15) is 4.61 Å². The number of halogens is 1. The molecule has 1 aliphatic rings. The molecular weight excluding hydrogens is 314 g/mol. The monoisotopic (exact) mass is 330 g/mol. The molecule has 1 unspecified atom stereocenters. The van der Waals surface area contributed by atoms with Gasteiger partial charge < -0.3 is 4.52 Å². The maximum atomic E-state index is 11.2. The van der Waals surface area contributed by atoms with Crippen molar-refractivity contribution < 1.29 is 13.6 Å². The van der Waals surface area contributed by atoms with Crippen LogP contribution in [-0.2, 0) is 13.6 Å². The maximum Gasteiger partial charge on any atom is 0.320 e. The van der Waals surface area contributed by atoms with E-state index in [4.69, 9.17) is 9.05 Å². The predicted octanol–water partition coefficient (Wildman–Crippen LogP) is 3.55. The Morgan fingerprint density at radius 2 is 2.07 bits per heavy atom. The Bertz CT molecular complexity index is 202. The highest BCUT2D eigenvalue weighted by Gasteiger charge is 2.21. The standard InChI is InChI=1S/C9H16IO3P/c1-2-8-3-5-9(6-4-8)13-14(11)12-7-10/h2,8-9,14H,1,3-7H2. The number of alkyl halides is 1. The van der Waals surface area contributed by atoms with Crippen LogP contribution in [-0.4, -0.2) is 10.7 Å².